The molecule has 0 spiro atoms. The second kappa shape index (κ2) is 4.56. The van der Waals surface area contributed by atoms with Gasteiger partial charge < -0.3 is 9.69 Å². The maximum Gasteiger partial charge on any atom is 0.323 e. The molecule has 6 nitrogen and oxygen atoms in total. The van der Waals surface area contributed by atoms with E-state index in [1.54, 1.807) is 7.05 Å². The summed E-state index contributed by atoms with van der Waals surface area (Å²) in [5, 5.41) is 12.0. The van der Waals surface area contributed by atoms with Gasteiger partial charge in [-0.3, -0.25) is 5.32 Å². The number of hydrogen-bond acceptors (Lipinski definition) is 5. The topological polar surface area (TPSA) is 75.2 Å². The number of aromatic nitrogens is 2. The zero-order valence-electron chi connectivity index (χ0n) is 8.84. The number of nitrogens with one attached hydrogen (secondary N) is 1. The van der Waals surface area contributed by atoms with Crippen molar-refractivity contribution in [3.05, 3.63) is 5.01 Å². The van der Waals surface area contributed by atoms with Crippen LogP contribution in [0, 0.1) is 0 Å². The smallest absolute Gasteiger partial charge is 0.321 e. The lowest BCUT2D eigenvalue weighted by atomic mass is 10.5. The minimum Gasteiger partial charge on any atom is -0.321 e. The van der Waals surface area contributed by atoms with Gasteiger partial charge in [0.2, 0.25) is 5.13 Å². The zero-order valence-corrected chi connectivity index (χ0v) is 9.66. The van der Waals surface area contributed by atoms with Gasteiger partial charge in [-0.1, -0.05) is 11.3 Å². The molecule has 1 N–H and O–H groups in total. The summed E-state index contributed by atoms with van der Waals surface area (Å²) in [4.78, 5) is 23.0. The quantitative estimate of drug-likeness (QED) is 0.799. The maximum absolute atomic E-state index is 11.5. The summed E-state index contributed by atoms with van der Waals surface area (Å²) >= 11 is 1.40. The number of carbonyl (C=O) groups is 2. The molecule has 0 atom stereocenters. The number of likely N-dealkylation sites (N-methyl/N-ethyl adjacent to an activating group) is 1. The van der Waals surface area contributed by atoms with Crippen molar-refractivity contribution in [1.29, 1.82) is 0 Å². The summed E-state index contributed by atoms with van der Waals surface area (Å²) in [5.74, 6) is 0.538. The first-order chi connectivity index (χ1) is 7.70. The molecule has 1 aromatic heterocycles. The van der Waals surface area contributed by atoms with Gasteiger partial charge in [0.15, 0.2) is 0 Å². The summed E-state index contributed by atoms with van der Waals surface area (Å²) in [6.45, 7) is 0.0696. The fourth-order valence-corrected chi connectivity index (χ4v) is 2.06. The third kappa shape index (κ3) is 2.54. The number of carbonyl (C=O) groups excluding carboxylic acids is 2. The lowest BCUT2D eigenvalue weighted by molar-refractivity contribution is -0.108. The van der Waals surface area contributed by atoms with E-state index in [4.69, 9.17) is 0 Å². The van der Waals surface area contributed by atoms with Crippen LogP contribution in [-0.4, -0.2) is 41.0 Å². The van der Waals surface area contributed by atoms with E-state index in [2.05, 4.69) is 15.5 Å². The van der Waals surface area contributed by atoms with Crippen LogP contribution in [0.3, 0.4) is 0 Å². The number of urea groups is 1. The number of aldehydes is 1. The van der Waals surface area contributed by atoms with Crippen molar-refractivity contribution in [2.24, 2.45) is 0 Å². The average molecular weight is 240 g/mol. The number of hydrogen-bond donors (Lipinski definition) is 1. The standard InChI is InChI=1S/C9H12N4O2S/c1-13(4-5-14)9(15)10-8-12-11-7(16-8)6-2-3-6/h5-6H,2-4H2,1H3,(H,10,12,15). The molecule has 1 aliphatic carbocycles. The van der Waals surface area contributed by atoms with Crippen LogP contribution in [0.4, 0.5) is 9.93 Å². The Kier molecular flexibility index (Phi) is 3.14. The van der Waals surface area contributed by atoms with E-state index in [9.17, 15) is 9.59 Å². The third-order valence-electron chi connectivity index (χ3n) is 2.28. The molecule has 0 aromatic carbocycles. The van der Waals surface area contributed by atoms with E-state index < -0.39 is 0 Å². The third-order valence-corrected chi connectivity index (χ3v) is 3.28. The second-order valence-corrected chi connectivity index (χ2v) is 4.71. The molecule has 7 heteroatoms. The molecule has 1 aromatic rings. The van der Waals surface area contributed by atoms with Crippen LogP contribution < -0.4 is 5.32 Å². The Labute approximate surface area is 96.7 Å². The van der Waals surface area contributed by atoms with Crippen molar-refractivity contribution >= 4 is 28.8 Å². The molecule has 1 fully saturated rings. The van der Waals surface area contributed by atoms with Crippen LogP contribution in [0.5, 0.6) is 0 Å². The van der Waals surface area contributed by atoms with Gasteiger partial charge in [-0.15, -0.1) is 10.2 Å². The van der Waals surface area contributed by atoms with Gasteiger partial charge in [-0.2, -0.15) is 0 Å². The van der Waals surface area contributed by atoms with Crippen LogP contribution in [-0.2, 0) is 4.79 Å². The first-order valence-electron chi connectivity index (χ1n) is 5.00. The summed E-state index contributed by atoms with van der Waals surface area (Å²) in [6, 6.07) is -0.342. The molecule has 86 valence electrons. The molecule has 1 aliphatic rings. The highest BCUT2D eigenvalue weighted by Gasteiger charge is 2.27. The first-order valence-corrected chi connectivity index (χ1v) is 5.81. The van der Waals surface area contributed by atoms with Crippen LogP contribution in [0.25, 0.3) is 0 Å². The van der Waals surface area contributed by atoms with Gasteiger partial charge in [0.25, 0.3) is 0 Å². The Hall–Kier alpha value is -1.50. The van der Waals surface area contributed by atoms with Gasteiger partial charge in [0.1, 0.15) is 11.3 Å². The number of anilines is 1. The summed E-state index contributed by atoms with van der Waals surface area (Å²) in [5.41, 5.74) is 0. The van der Waals surface area contributed by atoms with Gasteiger partial charge in [-0.25, -0.2) is 4.79 Å². The summed E-state index contributed by atoms with van der Waals surface area (Å²) in [6.07, 6.45) is 3.00. The van der Waals surface area contributed by atoms with Crippen molar-refractivity contribution in [2.75, 3.05) is 18.9 Å². The van der Waals surface area contributed by atoms with Crippen LogP contribution in [0.1, 0.15) is 23.8 Å². The van der Waals surface area contributed by atoms with E-state index in [1.807, 2.05) is 0 Å². The van der Waals surface area contributed by atoms with Gasteiger partial charge >= 0.3 is 6.03 Å². The highest BCUT2D eigenvalue weighted by atomic mass is 32.1. The Bertz CT molecular complexity index is 402. The molecular formula is C9H12N4O2S. The van der Waals surface area contributed by atoms with Crippen LogP contribution in [0.15, 0.2) is 0 Å². The minimum atomic E-state index is -0.342. The van der Waals surface area contributed by atoms with Crippen molar-refractivity contribution in [1.82, 2.24) is 15.1 Å². The number of amides is 2. The molecule has 0 unspecified atom stereocenters. The summed E-state index contributed by atoms with van der Waals surface area (Å²) in [7, 11) is 1.55. The van der Waals surface area contributed by atoms with E-state index in [0.717, 1.165) is 17.8 Å². The molecule has 1 saturated carbocycles. The fourth-order valence-electron chi connectivity index (χ4n) is 1.16. The molecule has 1 heterocycles. The van der Waals surface area contributed by atoms with E-state index >= 15 is 0 Å². The monoisotopic (exact) mass is 240 g/mol. The lowest BCUT2D eigenvalue weighted by Crippen LogP contribution is -2.32. The zero-order chi connectivity index (χ0) is 11.5. The molecule has 2 rings (SSSR count). The SMILES string of the molecule is CN(CC=O)C(=O)Nc1nnc(C2CC2)s1. The maximum atomic E-state index is 11.5. The van der Waals surface area contributed by atoms with E-state index in [0.29, 0.717) is 17.3 Å². The second-order valence-electron chi connectivity index (χ2n) is 3.70. The van der Waals surface area contributed by atoms with Crippen LogP contribution >= 0.6 is 11.3 Å². The Morgan fingerprint density at radius 3 is 3.00 bits per heavy atom. The number of rotatable bonds is 4. The molecule has 0 bridgehead atoms. The molecule has 0 radical (unpaired) electrons. The predicted molar refractivity (Wildman–Crippen MR) is 59.6 cm³/mol. The van der Waals surface area contributed by atoms with Crippen molar-refractivity contribution in [3.8, 4) is 0 Å². The van der Waals surface area contributed by atoms with Gasteiger partial charge in [0.05, 0.1) is 6.54 Å². The largest absolute Gasteiger partial charge is 0.323 e. The van der Waals surface area contributed by atoms with Gasteiger partial charge in [-0.05, 0) is 12.8 Å². The van der Waals surface area contributed by atoms with Crippen LogP contribution in [0.2, 0.25) is 0 Å². The van der Waals surface area contributed by atoms with Crippen molar-refractivity contribution < 1.29 is 9.59 Å². The normalized spacial score (nSPS) is 14.6. The average Bonchev–Trinajstić information content (AvgIpc) is 3.01. The van der Waals surface area contributed by atoms with Gasteiger partial charge in [0, 0.05) is 13.0 Å². The molecule has 2 amide bonds. The molecule has 0 aliphatic heterocycles. The minimum absolute atomic E-state index is 0.0696. The van der Waals surface area contributed by atoms with E-state index in [1.165, 1.54) is 16.2 Å². The van der Waals surface area contributed by atoms with Crippen molar-refractivity contribution in [2.45, 2.75) is 18.8 Å². The fraction of sp³-hybridized carbons (Fsp3) is 0.556. The molecular weight excluding hydrogens is 228 g/mol. The molecule has 16 heavy (non-hydrogen) atoms. The Morgan fingerprint density at radius 1 is 1.62 bits per heavy atom. The predicted octanol–water partition coefficient (Wildman–Crippen LogP) is 1.08. The number of nitrogens with zero attached hydrogens (tertiary/aromatic N) is 3. The van der Waals surface area contributed by atoms with Crippen molar-refractivity contribution in [3.63, 3.8) is 0 Å². The Balaban J connectivity index is 1.92. The molecule has 0 saturated heterocycles. The Morgan fingerprint density at radius 2 is 2.38 bits per heavy atom. The summed E-state index contributed by atoms with van der Waals surface area (Å²) < 4.78 is 0. The lowest BCUT2D eigenvalue weighted by Gasteiger charge is -2.12. The first kappa shape index (κ1) is 11.0. The highest BCUT2D eigenvalue weighted by molar-refractivity contribution is 7.15. The van der Waals surface area contributed by atoms with E-state index in [-0.39, 0.29) is 12.6 Å². The highest BCUT2D eigenvalue weighted by Crippen LogP contribution is 2.41.